The highest BCUT2D eigenvalue weighted by Gasteiger charge is 2.21. The van der Waals surface area contributed by atoms with Crippen molar-refractivity contribution in [1.29, 1.82) is 0 Å². The van der Waals surface area contributed by atoms with Gasteiger partial charge >= 0.3 is 0 Å². The van der Waals surface area contributed by atoms with Crippen LogP contribution in [0.4, 0.5) is 8.78 Å². The Morgan fingerprint density at radius 3 is 2.72 bits per heavy atom. The van der Waals surface area contributed by atoms with Gasteiger partial charge in [-0.25, -0.2) is 8.78 Å². The lowest BCUT2D eigenvalue weighted by Crippen LogP contribution is -2.36. The van der Waals surface area contributed by atoms with E-state index < -0.39 is 17.2 Å². The smallest absolute Gasteiger partial charge is 0.136 e. The number of hydrogen-bond donors (Lipinski definition) is 2. The van der Waals surface area contributed by atoms with Gasteiger partial charge in [-0.2, -0.15) is 0 Å². The highest BCUT2D eigenvalue weighted by Crippen LogP contribution is 2.25. The normalized spacial score (nSPS) is 14.5. The average Bonchev–Trinajstić information content (AvgIpc) is 2.38. The van der Waals surface area contributed by atoms with Crippen LogP contribution in [0.5, 0.6) is 0 Å². The van der Waals surface area contributed by atoms with Crippen LogP contribution in [0.15, 0.2) is 23.1 Å². The summed E-state index contributed by atoms with van der Waals surface area (Å²) in [5.41, 5.74) is 4.66. The Kier molecular flexibility index (Phi) is 6.05. The molecule has 1 atom stereocenters. The van der Waals surface area contributed by atoms with Gasteiger partial charge in [0.15, 0.2) is 0 Å². The predicted octanol–water partition coefficient (Wildman–Crippen LogP) is 2.94. The number of hydrogen-bond acceptors (Lipinski definition) is 3. The van der Waals surface area contributed by atoms with Crippen LogP contribution >= 0.6 is 11.8 Å². The van der Waals surface area contributed by atoms with Crippen molar-refractivity contribution < 1.29 is 13.9 Å². The summed E-state index contributed by atoms with van der Waals surface area (Å²) in [6, 6.07) is 3.42. The maximum atomic E-state index is 13.3. The summed E-state index contributed by atoms with van der Waals surface area (Å²) in [5.74, 6) is -0.222. The van der Waals surface area contributed by atoms with E-state index in [1.165, 1.54) is 17.8 Å². The second-order valence-electron chi connectivity index (χ2n) is 4.31. The molecule has 0 saturated heterocycles. The highest BCUT2D eigenvalue weighted by molar-refractivity contribution is 7.99. The zero-order valence-electron chi connectivity index (χ0n) is 10.5. The molecule has 5 heteroatoms. The van der Waals surface area contributed by atoms with Gasteiger partial charge in [0.25, 0.3) is 0 Å². The molecule has 1 aromatic rings. The van der Waals surface area contributed by atoms with Crippen LogP contribution < -0.4 is 5.73 Å². The van der Waals surface area contributed by atoms with Crippen molar-refractivity contribution in [3.05, 3.63) is 29.8 Å². The fraction of sp³-hybridized carbons (Fsp3) is 0.538. The predicted molar refractivity (Wildman–Crippen MR) is 70.6 cm³/mol. The van der Waals surface area contributed by atoms with Crippen molar-refractivity contribution in [2.45, 2.75) is 36.7 Å². The lowest BCUT2D eigenvalue weighted by molar-refractivity contribution is 0.0360. The summed E-state index contributed by atoms with van der Waals surface area (Å²) in [5, 5.41) is 9.96. The molecule has 0 spiro atoms. The third-order valence-corrected chi connectivity index (χ3v) is 4.09. The lowest BCUT2D eigenvalue weighted by Gasteiger charge is -2.24. The first-order valence-corrected chi connectivity index (χ1v) is 6.99. The average molecular weight is 275 g/mol. The molecule has 0 aliphatic heterocycles. The maximum Gasteiger partial charge on any atom is 0.136 e. The van der Waals surface area contributed by atoms with E-state index in [0.717, 1.165) is 12.1 Å². The number of nitrogens with two attached hydrogens (primary N) is 1. The van der Waals surface area contributed by atoms with E-state index in [1.54, 1.807) is 0 Å². The molecular weight excluding hydrogens is 256 g/mol. The quantitative estimate of drug-likeness (QED) is 0.594. The van der Waals surface area contributed by atoms with E-state index in [2.05, 4.69) is 0 Å². The third-order valence-electron chi connectivity index (χ3n) is 2.98. The highest BCUT2D eigenvalue weighted by atomic mass is 32.2. The monoisotopic (exact) mass is 275 g/mol. The number of rotatable bonds is 7. The topological polar surface area (TPSA) is 46.2 Å². The zero-order chi connectivity index (χ0) is 13.6. The largest absolute Gasteiger partial charge is 0.389 e. The van der Waals surface area contributed by atoms with Gasteiger partial charge in [-0.1, -0.05) is 6.92 Å². The molecule has 0 aromatic heterocycles. The molecular formula is C13H19F2NOS. The van der Waals surface area contributed by atoms with Crippen LogP contribution in [-0.4, -0.2) is 23.0 Å². The van der Waals surface area contributed by atoms with Crippen LogP contribution in [0.2, 0.25) is 0 Å². The summed E-state index contributed by atoms with van der Waals surface area (Å²) < 4.78 is 26.2. The van der Waals surface area contributed by atoms with Gasteiger partial charge in [0.1, 0.15) is 11.6 Å². The second-order valence-corrected chi connectivity index (χ2v) is 5.45. The zero-order valence-corrected chi connectivity index (χ0v) is 11.3. The van der Waals surface area contributed by atoms with Crippen molar-refractivity contribution >= 4 is 11.8 Å². The van der Waals surface area contributed by atoms with Gasteiger partial charge in [-0.15, -0.1) is 11.8 Å². The number of aliphatic hydroxyl groups is 1. The number of thioether (sulfide) groups is 1. The molecule has 1 rings (SSSR count). The Balaban J connectivity index is 2.40. The summed E-state index contributed by atoms with van der Waals surface area (Å²) in [6.45, 7) is 2.11. The van der Waals surface area contributed by atoms with Crippen molar-refractivity contribution in [1.82, 2.24) is 0 Å². The summed E-state index contributed by atoms with van der Waals surface area (Å²) >= 11 is 1.26. The molecule has 3 N–H and O–H groups in total. The van der Waals surface area contributed by atoms with Gasteiger partial charge in [0, 0.05) is 11.4 Å². The van der Waals surface area contributed by atoms with Gasteiger partial charge in [-0.05, 0) is 43.2 Å². The molecule has 0 aliphatic rings. The van der Waals surface area contributed by atoms with Crippen LogP contribution in [0.1, 0.15) is 26.2 Å². The minimum atomic E-state index is -0.832. The van der Waals surface area contributed by atoms with Gasteiger partial charge in [-0.3, -0.25) is 0 Å². The molecule has 0 radical (unpaired) electrons. The van der Waals surface area contributed by atoms with Gasteiger partial charge in [0.05, 0.1) is 5.60 Å². The van der Waals surface area contributed by atoms with Crippen LogP contribution in [0, 0.1) is 11.6 Å². The third kappa shape index (κ3) is 4.55. The molecule has 1 unspecified atom stereocenters. The van der Waals surface area contributed by atoms with E-state index in [0.29, 0.717) is 29.9 Å². The van der Waals surface area contributed by atoms with Crippen LogP contribution in [0.3, 0.4) is 0 Å². The first-order valence-electron chi connectivity index (χ1n) is 6.01. The van der Waals surface area contributed by atoms with E-state index in [9.17, 15) is 13.9 Å². The Hall–Kier alpha value is -0.650. The van der Waals surface area contributed by atoms with Crippen LogP contribution in [-0.2, 0) is 0 Å². The van der Waals surface area contributed by atoms with E-state index >= 15 is 0 Å². The summed E-state index contributed by atoms with van der Waals surface area (Å²) in [7, 11) is 0. The minimum absolute atomic E-state index is 0.225. The molecule has 1 aromatic carbocycles. The Labute approximate surface area is 111 Å². The SMILES string of the molecule is CCC(O)(CN)CCCSc1cc(F)ccc1F. The first kappa shape index (κ1) is 15.4. The second kappa shape index (κ2) is 7.07. The van der Waals surface area contributed by atoms with Crippen LogP contribution in [0.25, 0.3) is 0 Å². The molecule has 0 aliphatic carbocycles. The lowest BCUT2D eigenvalue weighted by atomic mass is 9.95. The van der Waals surface area contributed by atoms with E-state index in [-0.39, 0.29) is 6.54 Å². The van der Waals surface area contributed by atoms with Crippen molar-refractivity contribution in [2.24, 2.45) is 5.73 Å². The summed E-state index contributed by atoms with van der Waals surface area (Å²) in [4.78, 5) is 0.308. The molecule has 2 nitrogen and oxygen atoms in total. The van der Waals surface area contributed by atoms with Gasteiger partial charge in [0.2, 0.25) is 0 Å². The van der Waals surface area contributed by atoms with E-state index in [4.69, 9.17) is 5.73 Å². The number of halogens is 2. The Morgan fingerprint density at radius 1 is 1.39 bits per heavy atom. The molecule has 0 fully saturated rings. The van der Waals surface area contributed by atoms with Crippen molar-refractivity contribution in [3.8, 4) is 0 Å². The van der Waals surface area contributed by atoms with Crippen molar-refractivity contribution in [3.63, 3.8) is 0 Å². The molecule has 0 saturated carbocycles. The molecule has 0 amide bonds. The molecule has 0 heterocycles. The Bertz CT molecular complexity index is 383. The minimum Gasteiger partial charge on any atom is -0.389 e. The Morgan fingerprint density at radius 2 is 2.11 bits per heavy atom. The maximum absolute atomic E-state index is 13.3. The summed E-state index contributed by atoms with van der Waals surface area (Å²) in [6.07, 6.45) is 1.88. The first-order chi connectivity index (χ1) is 8.50. The van der Waals surface area contributed by atoms with Crippen molar-refractivity contribution in [2.75, 3.05) is 12.3 Å². The number of benzene rings is 1. The fourth-order valence-electron chi connectivity index (χ4n) is 1.59. The molecule has 18 heavy (non-hydrogen) atoms. The van der Waals surface area contributed by atoms with E-state index in [1.807, 2.05) is 6.92 Å². The standard InChI is InChI=1S/C13H19F2NOS/c1-2-13(17,9-16)6-3-7-18-12-8-10(14)4-5-11(12)15/h4-5,8,17H,2-3,6-7,9,16H2,1H3. The fourth-order valence-corrected chi connectivity index (χ4v) is 2.50. The molecule has 102 valence electrons. The molecule has 0 bridgehead atoms. The van der Waals surface area contributed by atoms with Gasteiger partial charge < -0.3 is 10.8 Å².